The zero-order valence-corrected chi connectivity index (χ0v) is 16.4. The summed E-state index contributed by atoms with van der Waals surface area (Å²) in [5, 5.41) is 4.16. The van der Waals surface area contributed by atoms with Crippen LogP contribution >= 0.6 is 11.6 Å². The van der Waals surface area contributed by atoms with E-state index in [1.807, 2.05) is 12.1 Å². The van der Waals surface area contributed by atoms with E-state index in [1.165, 1.54) is 17.7 Å². The number of hydrogen-bond donors (Lipinski definition) is 2. The predicted molar refractivity (Wildman–Crippen MR) is 110 cm³/mol. The summed E-state index contributed by atoms with van der Waals surface area (Å²) in [6, 6.07) is 11.2. The molecule has 1 saturated carbocycles. The minimum atomic E-state index is -0.401. The van der Waals surface area contributed by atoms with Crippen LogP contribution in [0.15, 0.2) is 45.6 Å². The average molecular weight is 403 g/mol. The number of nitrogens with one attached hydrogen (secondary N) is 2. The van der Waals surface area contributed by atoms with E-state index in [9.17, 15) is 9.18 Å². The van der Waals surface area contributed by atoms with Crippen LogP contribution in [0.4, 0.5) is 4.39 Å². The number of rotatable bonds is 6. The standard InChI is InChI=1S/C22H24ClFN2O2/c23-19-13-17(24)7-3-15(19)2-1-11-25-18-8-4-14(5-9-18)16-6-10-20-21(12-16)28-22(27)26-20/h3,6-7,10,12-14,18,25H,1-2,4-5,8-9,11H2,(H,26,27)/t14-,18-. The lowest BCUT2D eigenvalue weighted by Gasteiger charge is -2.29. The molecule has 2 N–H and O–H groups in total. The van der Waals surface area contributed by atoms with Crippen LogP contribution < -0.4 is 11.1 Å². The predicted octanol–water partition coefficient (Wildman–Crippen LogP) is 5.16. The van der Waals surface area contributed by atoms with Gasteiger partial charge in [-0.05, 0) is 86.4 Å². The van der Waals surface area contributed by atoms with Crippen LogP contribution in [-0.4, -0.2) is 17.6 Å². The SMILES string of the molecule is O=c1[nH]c2ccc([C@H]3CC[C@H](NCCCc4ccc(F)cc4Cl)CC3)cc2o1. The molecule has 3 aromatic rings. The van der Waals surface area contributed by atoms with Crippen molar-refractivity contribution in [3.05, 3.63) is 68.9 Å². The number of aromatic nitrogens is 1. The molecule has 0 unspecified atom stereocenters. The first-order chi connectivity index (χ1) is 13.6. The molecule has 0 spiro atoms. The third-order valence-corrected chi connectivity index (χ3v) is 6.07. The number of hydrogen-bond acceptors (Lipinski definition) is 3. The fraction of sp³-hybridized carbons (Fsp3) is 0.409. The van der Waals surface area contributed by atoms with Crippen molar-refractivity contribution >= 4 is 22.7 Å². The Balaban J connectivity index is 1.23. The normalized spacial score (nSPS) is 19.9. The van der Waals surface area contributed by atoms with Crippen molar-refractivity contribution in [3.63, 3.8) is 0 Å². The molecule has 1 fully saturated rings. The summed E-state index contributed by atoms with van der Waals surface area (Å²) >= 11 is 6.08. The molecule has 0 saturated heterocycles. The molecule has 1 aromatic heterocycles. The zero-order valence-electron chi connectivity index (χ0n) is 15.6. The maximum Gasteiger partial charge on any atom is 0.417 e. The van der Waals surface area contributed by atoms with Gasteiger partial charge in [0.2, 0.25) is 0 Å². The fourth-order valence-corrected chi connectivity index (χ4v) is 4.42. The van der Waals surface area contributed by atoms with Gasteiger partial charge in [0.05, 0.1) is 5.52 Å². The van der Waals surface area contributed by atoms with E-state index in [0.29, 0.717) is 22.6 Å². The smallest absolute Gasteiger partial charge is 0.408 e. The van der Waals surface area contributed by atoms with Crippen molar-refractivity contribution in [1.82, 2.24) is 10.3 Å². The molecule has 1 heterocycles. The van der Waals surface area contributed by atoms with Crippen LogP contribution in [-0.2, 0) is 6.42 Å². The molecule has 1 aliphatic carbocycles. The Morgan fingerprint density at radius 3 is 2.75 bits per heavy atom. The minimum Gasteiger partial charge on any atom is -0.408 e. The third kappa shape index (κ3) is 4.47. The fourth-order valence-electron chi connectivity index (χ4n) is 4.16. The molecule has 28 heavy (non-hydrogen) atoms. The lowest BCUT2D eigenvalue weighted by Crippen LogP contribution is -2.33. The van der Waals surface area contributed by atoms with Crippen molar-refractivity contribution in [2.75, 3.05) is 6.54 Å². The molecule has 0 atom stereocenters. The third-order valence-electron chi connectivity index (χ3n) is 5.71. The van der Waals surface area contributed by atoms with E-state index < -0.39 is 5.76 Å². The Hall–Kier alpha value is -2.11. The Bertz CT molecular complexity index is 1010. The second-order valence-electron chi connectivity index (χ2n) is 7.61. The first-order valence-corrected chi connectivity index (χ1v) is 10.3. The quantitative estimate of drug-likeness (QED) is 0.560. The number of oxazole rings is 1. The van der Waals surface area contributed by atoms with Gasteiger partial charge in [0.25, 0.3) is 0 Å². The molecule has 4 rings (SSSR count). The van der Waals surface area contributed by atoms with Gasteiger partial charge in [0.15, 0.2) is 5.58 Å². The van der Waals surface area contributed by atoms with E-state index in [0.717, 1.165) is 56.1 Å². The molecule has 0 amide bonds. The summed E-state index contributed by atoms with van der Waals surface area (Å²) in [4.78, 5) is 14.0. The number of aromatic amines is 1. The number of halogens is 2. The van der Waals surface area contributed by atoms with Gasteiger partial charge >= 0.3 is 5.76 Å². The maximum atomic E-state index is 13.1. The van der Waals surface area contributed by atoms with E-state index in [4.69, 9.17) is 16.0 Å². The molecule has 2 aromatic carbocycles. The van der Waals surface area contributed by atoms with Crippen molar-refractivity contribution in [2.45, 2.75) is 50.5 Å². The second-order valence-corrected chi connectivity index (χ2v) is 8.02. The second kappa shape index (κ2) is 8.50. The topological polar surface area (TPSA) is 58.0 Å². The van der Waals surface area contributed by atoms with Gasteiger partial charge in [-0.25, -0.2) is 9.18 Å². The monoisotopic (exact) mass is 402 g/mol. The number of H-pyrrole nitrogens is 1. The zero-order chi connectivity index (χ0) is 19.5. The van der Waals surface area contributed by atoms with E-state index in [2.05, 4.69) is 16.4 Å². The van der Waals surface area contributed by atoms with Crippen molar-refractivity contribution in [2.24, 2.45) is 0 Å². The number of aryl methyl sites for hydroxylation is 1. The van der Waals surface area contributed by atoms with E-state index in [1.54, 1.807) is 6.07 Å². The molecule has 0 aliphatic heterocycles. The summed E-state index contributed by atoms with van der Waals surface area (Å²) in [6.45, 7) is 0.934. The molecule has 0 bridgehead atoms. The summed E-state index contributed by atoms with van der Waals surface area (Å²) < 4.78 is 18.3. The Morgan fingerprint density at radius 2 is 1.96 bits per heavy atom. The number of benzene rings is 2. The largest absolute Gasteiger partial charge is 0.417 e. The van der Waals surface area contributed by atoms with Crippen LogP contribution in [0.3, 0.4) is 0 Å². The van der Waals surface area contributed by atoms with Crippen molar-refractivity contribution < 1.29 is 8.81 Å². The van der Waals surface area contributed by atoms with Crippen LogP contribution in [0.5, 0.6) is 0 Å². The van der Waals surface area contributed by atoms with Gasteiger partial charge in [-0.15, -0.1) is 0 Å². The Morgan fingerprint density at radius 1 is 1.14 bits per heavy atom. The van der Waals surface area contributed by atoms with Gasteiger partial charge < -0.3 is 9.73 Å². The summed E-state index contributed by atoms with van der Waals surface area (Å²) in [5.41, 5.74) is 3.65. The highest BCUT2D eigenvalue weighted by Crippen LogP contribution is 2.34. The molecule has 0 radical (unpaired) electrons. The summed E-state index contributed by atoms with van der Waals surface area (Å²) in [7, 11) is 0. The average Bonchev–Trinajstić information content (AvgIpc) is 3.06. The van der Waals surface area contributed by atoms with Crippen LogP contribution in [0.2, 0.25) is 5.02 Å². The summed E-state index contributed by atoms with van der Waals surface area (Å²) in [6.07, 6.45) is 6.36. The van der Waals surface area contributed by atoms with Crippen LogP contribution in [0.25, 0.3) is 11.1 Å². The van der Waals surface area contributed by atoms with Gasteiger partial charge in [0.1, 0.15) is 5.82 Å². The van der Waals surface area contributed by atoms with Crippen LogP contribution in [0, 0.1) is 5.82 Å². The van der Waals surface area contributed by atoms with Gasteiger partial charge in [-0.1, -0.05) is 23.7 Å². The molecule has 148 valence electrons. The first kappa shape index (κ1) is 19.2. The van der Waals surface area contributed by atoms with Crippen molar-refractivity contribution in [1.29, 1.82) is 0 Å². The first-order valence-electron chi connectivity index (χ1n) is 9.88. The highest BCUT2D eigenvalue weighted by atomic mass is 35.5. The van der Waals surface area contributed by atoms with Crippen LogP contribution in [0.1, 0.15) is 49.1 Å². The highest BCUT2D eigenvalue weighted by Gasteiger charge is 2.22. The minimum absolute atomic E-state index is 0.290. The van der Waals surface area contributed by atoms with E-state index >= 15 is 0 Å². The molecule has 6 heteroatoms. The summed E-state index contributed by atoms with van der Waals surface area (Å²) in [5.74, 6) is -0.177. The van der Waals surface area contributed by atoms with Gasteiger partial charge in [-0.3, -0.25) is 4.98 Å². The lowest BCUT2D eigenvalue weighted by molar-refractivity contribution is 0.342. The highest BCUT2D eigenvalue weighted by molar-refractivity contribution is 6.31. The van der Waals surface area contributed by atoms with Gasteiger partial charge in [-0.2, -0.15) is 0 Å². The Labute approximate surface area is 168 Å². The Kier molecular flexibility index (Phi) is 5.83. The molecule has 4 nitrogen and oxygen atoms in total. The lowest BCUT2D eigenvalue weighted by atomic mass is 9.81. The maximum absolute atomic E-state index is 13.1. The number of fused-ring (bicyclic) bond motifs is 1. The molecule has 1 aliphatic rings. The van der Waals surface area contributed by atoms with E-state index in [-0.39, 0.29) is 5.82 Å². The molecular formula is C22H24ClFN2O2. The van der Waals surface area contributed by atoms with Crippen molar-refractivity contribution in [3.8, 4) is 0 Å². The molecular weight excluding hydrogens is 379 g/mol. The van der Waals surface area contributed by atoms with Gasteiger partial charge in [0, 0.05) is 11.1 Å².